The van der Waals surface area contributed by atoms with Crippen LogP contribution in [0.4, 0.5) is 5.69 Å². The van der Waals surface area contributed by atoms with Gasteiger partial charge in [0.05, 0.1) is 25.1 Å². The lowest BCUT2D eigenvalue weighted by atomic mass is 9.95. The fraction of sp³-hybridized carbons (Fsp3) is 0.579. The molecule has 1 aromatic rings. The van der Waals surface area contributed by atoms with Gasteiger partial charge in [0.25, 0.3) is 0 Å². The molecule has 3 fully saturated rings. The molecule has 3 saturated heterocycles. The fourth-order valence-corrected chi connectivity index (χ4v) is 4.62. The summed E-state index contributed by atoms with van der Waals surface area (Å²) in [6, 6.07) is 8.65. The number of nitriles is 1. The second-order valence-corrected chi connectivity index (χ2v) is 7.29. The summed E-state index contributed by atoms with van der Waals surface area (Å²) >= 11 is 0. The van der Waals surface area contributed by atoms with E-state index in [1.807, 2.05) is 23.1 Å². The minimum absolute atomic E-state index is 0.0147. The van der Waals surface area contributed by atoms with Crippen LogP contribution in [0, 0.1) is 17.4 Å². The molecule has 0 aromatic heterocycles. The summed E-state index contributed by atoms with van der Waals surface area (Å²) in [5, 5.41) is 12.5. The summed E-state index contributed by atoms with van der Waals surface area (Å²) in [6.07, 6.45) is 6.18. The first-order valence-corrected chi connectivity index (χ1v) is 9.07. The zero-order chi connectivity index (χ0) is 17.4. The normalized spacial score (nSPS) is 30.4. The molecule has 0 unspecified atom stereocenters. The number of benzene rings is 1. The van der Waals surface area contributed by atoms with E-state index in [1.165, 1.54) is 0 Å². The van der Waals surface area contributed by atoms with Crippen molar-refractivity contribution in [2.24, 2.45) is 5.92 Å². The van der Waals surface area contributed by atoms with Crippen LogP contribution in [0.15, 0.2) is 24.3 Å². The van der Waals surface area contributed by atoms with Gasteiger partial charge < -0.3 is 19.9 Å². The molecule has 3 aliphatic heterocycles. The third-order valence-corrected chi connectivity index (χ3v) is 5.96. The first kappa shape index (κ1) is 16.1. The van der Waals surface area contributed by atoms with Gasteiger partial charge in [-0.25, -0.2) is 0 Å². The third kappa shape index (κ3) is 2.88. The number of nitrogens with zero attached hydrogens (tertiary/aromatic N) is 3. The van der Waals surface area contributed by atoms with Crippen LogP contribution in [0.25, 0.3) is 0 Å². The molecule has 132 valence electrons. The van der Waals surface area contributed by atoms with Gasteiger partial charge in [0.2, 0.25) is 5.91 Å². The highest BCUT2D eigenvalue weighted by Crippen LogP contribution is 2.37. The molecule has 3 aliphatic rings. The van der Waals surface area contributed by atoms with Gasteiger partial charge in [0.15, 0.2) is 6.19 Å². The Morgan fingerprint density at radius 2 is 2.24 bits per heavy atom. The van der Waals surface area contributed by atoms with Crippen molar-refractivity contribution in [2.75, 3.05) is 25.1 Å². The van der Waals surface area contributed by atoms with Gasteiger partial charge in [-0.15, -0.1) is 0 Å². The lowest BCUT2D eigenvalue weighted by Gasteiger charge is -2.24. The lowest BCUT2D eigenvalue weighted by molar-refractivity contribution is -0.125. The van der Waals surface area contributed by atoms with Crippen LogP contribution in [0.3, 0.4) is 0 Å². The molecule has 1 amide bonds. The van der Waals surface area contributed by atoms with Crippen LogP contribution >= 0.6 is 0 Å². The molecule has 1 N–H and O–H groups in total. The molecular formula is C19H24N4O2. The average Bonchev–Trinajstić information content (AvgIpc) is 3.35. The highest BCUT2D eigenvalue weighted by Gasteiger charge is 2.47. The standard InChI is InChI=1S/C19H24N4O2/c1-25-16-4-2-3-14(9-16)22-8-7-13(11-22)19(24)21-17-10-15-5-6-18(17)23(15)12-20/h2-4,9,13,15,17-18H,5-8,10-11H2,1H3,(H,21,24)/t13-,15-,17+,18+/m0/s1. The Morgan fingerprint density at radius 1 is 1.36 bits per heavy atom. The van der Waals surface area contributed by atoms with E-state index >= 15 is 0 Å². The molecule has 4 rings (SSSR count). The maximum Gasteiger partial charge on any atom is 0.225 e. The molecule has 0 saturated carbocycles. The summed E-state index contributed by atoms with van der Waals surface area (Å²) < 4.78 is 5.29. The number of rotatable bonds is 4. The van der Waals surface area contributed by atoms with E-state index in [-0.39, 0.29) is 23.9 Å². The molecule has 25 heavy (non-hydrogen) atoms. The van der Waals surface area contributed by atoms with Crippen molar-refractivity contribution in [3.63, 3.8) is 0 Å². The molecule has 0 aliphatic carbocycles. The Labute approximate surface area is 148 Å². The SMILES string of the molecule is COc1cccc(N2CC[C@H](C(=O)N[C@@H]3C[C@@H]4CC[C@H]3N4C#N)C2)c1. The van der Waals surface area contributed by atoms with Crippen molar-refractivity contribution in [2.45, 2.75) is 43.8 Å². The number of fused-ring (bicyclic) bond motifs is 2. The number of amides is 1. The fourth-order valence-electron chi connectivity index (χ4n) is 4.62. The number of methoxy groups -OCH3 is 1. The molecule has 6 nitrogen and oxygen atoms in total. The molecule has 4 atom stereocenters. The van der Waals surface area contributed by atoms with Gasteiger partial charge in [-0.05, 0) is 37.8 Å². The number of carbonyl (C=O) groups is 1. The first-order chi connectivity index (χ1) is 12.2. The quantitative estimate of drug-likeness (QED) is 0.846. The van der Waals surface area contributed by atoms with Gasteiger partial charge in [0.1, 0.15) is 5.75 Å². The van der Waals surface area contributed by atoms with Crippen LogP contribution in [-0.2, 0) is 4.79 Å². The average molecular weight is 340 g/mol. The summed E-state index contributed by atoms with van der Waals surface area (Å²) in [6.45, 7) is 1.62. The Kier molecular flexibility index (Phi) is 4.16. The minimum atomic E-state index is 0.0147. The monoisotopic (exact) mass is 340 g/mol. The maximum atomic E-state index is 12.7. The summed E-state index contributed by atoms with van der Waals surface area (Å²) in [5.74, 6) is 0.991. The zero-order valence-electron chi connectivity index (χ0n) is 14.5. The molecule has 2 bridgehead atoms. The number of anilines is 1. The number of nitrogens with one attached hydrogen (secondary N) is 1. The van der Waals surface area contributed by atoms with E-state index in [0.717, 1.165) is 50.2 Å². The van der Waals surface area contributed by atoms with Gasteiger partial charge in [-0.1, -0.05) is 6.07 Å². The second kappa shape index (κ2) is 6.47. The highest BCUT2D eigenvalue weighted by molar-refractivity contribution is 5.80. The van der Waals surface area contributed by atoms with E-state index in [0.29, 0.717) is 6.04 Å². The molecule has 6 heteroatoms. The van der Waals surface area contributed by atoms with Gasteiger partial charge in [-0.2, -0.15) is 5.26 Å². The second-order valence-electron chi connectivity index (χ2n) is 7.29. The van der Waals surface area contributed by atoms with Crippen LogP contribution in [0.1, 0.15) is 25.7 Å². The molecule has 0 radical (unpaired) electrons. The van der Waals surface area contributed by atoms with Crippen molar-refractivity contribution in [1.29, 1.82) is 5.26 Å². The predicted molar refractivity (Wildman–Crippen MR) is 94.1 cm³/mol. The molecule has 1 aromatic carbocycles. The molecule has 0 spiro atoms. The van der Waals surface area contributed by atoms with Crippen LogP contribution in [0.5, 0.6) is 5.75 Å². The summed E-state index contributed by atoms with van der Waals surface area (Å²) in [4.78, 5) is 16.8. The van der Waals surface area contributed by atoms with Crippen molar-refractivity contribution >= 4 is 11.6 Å². The van der Waals surface area contributed by atoms with E-state index < -0.39 is 0 Å². The van der Waals surface area contributed by atoms with Crippen LogP contribution < -0.4 is 15.0 Å². The van der Waals surface area contributed by atoms with E-state index in [9.17, 15) is 10.1 Å². The van der Waals surface area contributed by atoms with Gasteiger partial charge in [-0.3, -0.25) is 4.79 Å². The van der Waals surface area contributed by atoms with Crippen molar-refractivity contribution < 1.29 is 9.53 Å². The van der Waals surface area contributed by atoms with E-state index in [2.05, 4.69) is 22.5 Å². The Hall–Kier alpha value is -2.42. The van der Waals surface area contributed by atoms with E-state index in [4.69, 9.17) is 4.74 Å². The Morgan fingerprint density at radius 3 is 3.00 bits per heavy atom. The Bertz CT molecular complexity index is 701. The van der Waals surface area contributed by atoms with Crippen LogP contribution in [-0.4, -0.2) is 49.1 Å². The topological polar surface area (TPSA) is 68.6 Å². The first-order valence-electron chi connectivity index (χ1n) is 9.07. The largest absolute Gasteiger partial charge is 0.497 e. The van der Waals surface area contributed by atoms with Crippen LogP contribution in [0.2, 0.25) is 0 Å². The van der Waals surface area contributed by atoms with Gasteiger partial charge in [0, 0.05) is 30.9 Å². The smallest absolute Gasteiger partial charge is 0.225 e. The summed E-state index contributed by atoms with van der Waals surface area (Å²) in [5.41, 5.74) is 1.10. The molecular weight excluding hydrogens is 316 g/mol. The summed E-state index contributed by atoms with van der Waals surface area (Å²) in [7, 11) is 1.67. The third-order valence-electron chi connectivity index (χ3n) is 5.96. The van der Waals surface area contributed by atoms with E-state index in [1.54, 1.807) is 7.11 Å². The predicted octanol–water partition coefficient (Wildman–Crippen LogP) is 1.72. The minimum Gasteiger partial charge on any atom is -0.497 e. The number of hydrogen-bond acceptors (Lipinski definition) is 5. The highest BCUT2D eigenvalue weighted by atomic mass is 16.5. The Balaban J connectivity index is 1.36. The number of hydrogen-bond donors (Lipinski definition) is 1. The lowest BCUT2D eigenvalue weighted by Crippen LogP contribution is -2.46. The number of carbonyl (C=O) groups excluding carboxylic acids is 1. The van der Waals surface area contributed by atoms with Gasteiger partial charge >= 0.3 is 0 Å². The molecule has 3 heterocycles. The number of ether oxygens (including phenoxy) is 1. The van der Waals surface area contributed by atoms with Crippen molar-refractivity contribution in [1.82, 2.24) is 10.2 Å². The van der Waals surface area contributed by atoms with Crippen molar-refractivity contribution in [3.8, 4) is 11.9 Å². The maximum absolute atomic E-state index is 12.7. The zero-order valence-corrected chi connectivity index (χ0v) is 14.5. The van der Waals surface area contributed by atoms with Crippen molar-refractivity contribution in [3.05, 3.63) is 24.3 Å².